The molecule has 0 bridgehead atoms. The Kier molecular flexibility index (Phi) is 4.82. The molecule has 0 radical (unpaired) electrons. The zero-order valence-corrected chi connectivity index (χ0v) is 15.0. The first-order chi connectivity index (χ1) is 12.2. The smallest absolute Gasteiger partial charge is 0.255 e. The van der Waals surface area contributed by atoms with Crippen LogP contribution in [0.15, 0.2) is 36.0 Å². The summed E-state index contributed by atoms with van der Waals surface area (Å²) >= 11 is 0. The van der Waals surface area contributed by atoms with Gasteiger partial charge < -0.3 is 10.6 Å². The Balaban J connectivity index is 1.64. The van der Waals surface area contributed by atoms with Gasteiger partial charge in [-0.05, 0) is 24.6 Å². The molecule has 1 atom stereocenters. The van der Waals surface area contributed by atoms with Crippen LogP contribution in [0.25, 0.3) is 0 Å². The largest absolute Gasteiger partial charge is 0.357 e. The van der Waals surface area contributed by atoms with Crippen LogP contribution in [0.2, 0.25) is 0 Å². The quantitative estimate of drug-likeness (QED) is 0.800. The Hall–Kier alpha value is -2.68. The van der Waals surface area contributed by atoms with Gasteiger partial charge in [0.05, 0.1) is 24.0 Å². The maximum atomic E-state index is 12.2. The van der Waals surface area contributed by atoms with Crippen molar-refractivity contribution in [2.75, 3.05) is 28.7 Å². The number of benzene rings is 1. The Morgan fingerprint density at radius 1 is 1.23 bits per heavy atom. The second-order valence-corrected chi connectivity index (χ2v) is 8.64. The number of hydrogen-bond acceptors (Lipinski definition) is 6. The van der Waals surface area contributed by atoms with E-state index in [4.69, 9.17) is 0 Å². The number of rotatable bonds is 4. The molecule has 1 aromatic rings. The lowest BCUT2D eigenvalue weighted by Crippen LogP contribution is -2.31. The van der Waals surface area contributed by atoms with Gasteiger partial charge in [-0.25, -0.2) is 8.42 Å². The van der Waals surface area contributed by atoms with E-state index in [2.05, 4.69) is 10.6 Å². The van der Waals surface area contributed by atoms with Crippen LogP contribution in [0.4, 0.5) is 11.4 Å². The molecule has 3 amide bonds. The van der Waals surface area contributed by atoms with Crippen molar-refractivity contribution >= 4 is 38.9 Å². The number of nitrogens with zero attached hydrogens (tertiary/aromatic N) is 1. The Bertz CT molecular complexity index is 907. The normalized spacial score (nSPS) is 21.4. The first-order valence-corrected chi connectivity index (χ1v) is 9.97. The van der Waals surface area contributed by atoms with E-state index >= 15 is 0 Å². The van der Waals surface area contributed by atoms with E-state index < -0.39 is 15.8 Å². The van der Waals surface area contributed by atoms with Crippen LogP contribution in [-0.4, -0.2) is 49.1 Å². The number of carbonyl (C=O) groups excluding carboxylic acids is 3. The van der Waals surface area contributed by atoms with E-state index in [0.29, 0.717) is 23.5 Å². The predicted molar refractivity (Wildman–Crippen MR) is 95.9 cm³/mol. The van der Waals surface area contributed by atoms with E-state index in [0.717, 1.165) is 4.90 Å². The average molecular weight is 377 g/mol. The fourth-order valence-corrected chi connectivity index (χ4v) is 4.71. The summed E-state index contributed by atoms with van der Waals surface area (Å²) in [5.41, 5.74) is 1.75. The van der Waals surface area contributed by atoms with Gasteiger partial charge >= 0.3 is 0 Å². The van der Waals surface area contributed by atoms with Crippen molar-refractivity contribution in [2.45, 2.75) is 13.3 Å². The number of hydrogen-bond donors (Lipinski definition) is 2. The van der Waals surface area contributed by atoms with Crippen molar-refractivity contribution in [1.82, 2.24) is 4.90 Å². The summed E-state index contributed by atoms with van der Waals surface area (Å²) in [6, 6.07) is 6.87. The number of sulfone groups is 1. The van der Waals surface area contributed by atoms with Gasteiger partial charge in [0, 0.05) is 30.1 Å². The molecule has 0 spiro atoms. The fourth-order valence-electron chi connectivity index (χ4n) is 2.97. The van der Waals surface area contributed by atoms with Gasteiger partial charge in [-0.3, -0.25) is 19.3 Å². The molecule has 9 heteroatoms. The Morgan fingerprint density at radius 3 is 2.58 bits per heavy atom. The first-order valence-electron chi connectivity index (χ1n) is 8.14. The van der Waals surface area contributed by atoms with Crippen LogP contribution >= 0.6 is 0 Å². The molecule has 1 fully saturated rings. The molecule has 8 nitrogen and oxygen atoms in total. The Morgan fingerprint density at radius 2 is 1.96 bits per heavy atom. The van der Waals surface area contributed by atoms with Crippen molar-refractivity contribution < 1.29 is 22.8 Å². The molecule has 2 N–H and O–H groups in total. The molecule has 0 aromatic heterocycles. The molecule has 2 aliphatic rings. The monoisotopic (exact) mass is 377 g/mol. The van der Waals surface area contributed by atoms with Gasteiger partial charge in [0.15, 0.2) is 9.84 Å². The second kappa shape index (κ2) is 6.91. The van der Waals surface area contributed by atoms with E-state index in [-0.39, 0.29) is 35.8 Å². The zero-order valence-electron chi connectivity index (χ0n) is 14.2. The Labute approximate surface area is 151 Å². The van der Waals surface area contributed by atoms with Crippen LogP contribution in [-0.2, 0) is 24.2 Å². The second-order valence-electron chi connectivity index (χ2n) is 6.41. The molecule has 2 heterocycles. The van der Waals surface area contributed by atoms with Crippen LogP contribution in [0.5, 0.6) is 0 Å². The molecule has 3 rings (SSSR count). The van der Waals surface area contributed by atoms with Gasteiger partial charge in [0.25, 0.3) is 5.91 Å². The van der Waals surface area contributed by atoms with Crippen LogP contribution in [0.1, 0.15) is 13.3 Å². The van der Waals surface area contributed by atoms with Crippen molar-refractivity contribution in [2.24, 2.45) is 5.92 Å². The molecule has 26 heavy (non-hydrogen) atoms. The molecular weight excluding hydrogens is 358 g/mol. The van der Waals surface area contributed by atoms with Gasteiger partial charge in [0.1, 0.15) is 0 Å². The lowest BCUT2D eigenvalue weighted by atomic mass is 10.1. The summed E-state index contributed by atoms with van der Waals surface area (Å²) in [5.74, 6) is -1.62. The summed E-state index contributed by atoms with van der Waals surface area (Å²) in [7, 11) is -3.12. The minimum absolute atomic E-state index is 0.0432. The number of amides is 3. The highest BCUT2D eigenvalue weighted by Gasteiger charge is 2.33. The molecule has 2 aliphatic heterocycles. The summed E-state index contributed by atoms with van der Waals surface area (Å²) in [6.45, 7) is 1.50. The van der Waals surface area contributed by atoms with Gasteiger partial charge in [-0.2, -0.15) is 0 Å². The van der Waals surface area contributed by atoms with E-state index in [1.807, 2.05) is 0 Å². The van der Waals surface area contributed by atoms with Crippen molar-refractivity contribution in [3.05, 3.63) is 36.0 Å². The lowest BCUT2D eigenvalue weighted by molar-refractivity contribution is -0.138. The first kappa shape index (κ1) is 18.1. The van der Waals surface area contributed by atoms with Crippen LogP contribution in [0.3, 0.4) is 0 Å². The highest BCUT2D eigenvalue weighted by atomic mass is 32.2. The van der Waals surface area contributed by atoms with Crippen LogP contribution < -0.4 is 10.6 Å². The molecule has 1 saturated heterocycles. The number of carbonyl (C=O) groups is 3. The lowest BCUT2D eigenvalue weighted by Gasteiger charge is -2.14. The maximum Gasteiger partial charge on any atom is 0.255 e. The third-order valence-corrected chi connectivity index (χ3v) is 6.08. The van der Waals surface area contributed by atoms with Gasteiger partial charge in [-0.15, -0.1) is 0 Å². The van der Waals surface area contributed by atoms with Crippen LogP contribution in [0, 0.1) is 5.92 Å². The zero-order chi connectivity index (χ0) is 18.9. The van der Waals surface area contributed by atoms with Gasteiger partial charge in [0.2, 0.25) is 11.8 Å². The highest BCUT2D eigenvalue weighted by Crippen LogP contribution is 2.23. The summed E-state index contributed by atoms with van der Waals surface area (Å²) < 4.78 is 23.0. The minimum atomic E-state index is -3.12. The minimum Gasteiger partial charge on any atom is -0.357 e. The van der Waals surface area contributed by atoms with Gasteiger partial charge in [-0.1, -0.05) is 6.07 Å². The number of imide groups is 1. The SMILES string of the molecule is CC(=O)N1CC(Nc2cccc(NC(=O)[C@H]3CCS(=O)(=O)C3)c2)=CC1=O. The van der Waals surface area contributed by atoms with Crippen molar-refractivity contribution in [3.63, 3.8) is 0 Å². The average Bonchev–Trinajstić information content (AvgIpc) is 3.10. The highest BCUT2D eigenvalue weighted by molar-refractivity contribution is 7.91. The summed E-state index contributed by atoms with van der Waals surface area (Å²) in [5, 5.41) is 5.78. The van der Waals surface area contributed by atoms with Crippen molar-refractivity contribution in [3.8, 4) is 0 Å². The molecule has 0 saturated carbocycles. The molecule has 1 aromatic carbocycles. The predicted octanol–water partition coefficient (Wildman–Crippen LogP) is 0.744. The van der Waals surface area contributed by atoms with Crippen molar-refractivity contribution in [1.29, 1.82) is 0 Å². The summed E-state index contributed by atoms with van der Waals surface area (Å²) in [6.07, 6.45) is 1.69. The standard InChI is InChI=1S/C17H19N3O5S/c1-11(21)20-9-15(8-16(20)22)18-13-3-2-4-14(7-13)19-17(23)12-5-6-26(24,25)10-12/h2-4,7-8,12,18H,5-6,9-10H2,1H3,(H,19,23)/t12-/m0/s1. The fraction of sp³-hybridized carbons (Fsp3) is 0.353. The third-order valence-electron chi connectivity index (χ3n) is 4.31. The number of nitrogens with one attached hydrogen (secondary N) is 2. The van der Waals surface area contributed by atoms with E-state index in [1.165, 1.54) is 13.0 Å². The topological polar surface area (TPSA) is 113 Å². The van der Waals surface area contributed by atoms with E-state index in [1.54, 1.807) is 24.3 Å². The summed E-state index contributed by atoms with van der Waals surface area (Å²) in [4.78, 5) is 36.4. The number of anilines is 2. The molecule has 0 unspecified atom stereocenters. The molecule has 0 aliphatic carbocycles. The maximum absolute atomic E-state index is 12.2. The van der Waals surface area contributed by atoms with E-state index in [9.17, 15) is 22.8 Å². The molecular formula is C17H19N3O5S. The molecule has 138 valence electrons. The third kappa shape index (κ3) is 4.10.